The van der Waals surface area contributed by atoms with Crippen LogP contribution in [0.3, 0.4) is 0 Å². The molecule has 1 N–H and O–H groups in total. The predicted octanol–water partition coefficient (Wildman–Crippen LogP) is 0.486. The Morgan fingerprint density at radius 3 is 2.60 bits per heavy atom. The van der Waals surface area contributed by atoms with Crippen LogP contribution in [0.1, 0.15) is 38.5 Å². The molecule has 1 saturated carbocycles. The minimum absolute atomic E-state index is 0.0834. The molecule has 0 radical (unpaired) electrons. The van der Waals surface area contributed by atoms with E-state index in [-0.39, 0.29) is 24.7 Å². The molecule has 0 bridgehead atoms. The molecule has 1 amide bonds. The van der Waals surface area contributed by atoms with Crippen LogP contribution in [0.4, 0.5) is 0 Å². The molecule has 0 aromatic heterocycles. The van der Waals surface area contributed by atoms with Gasteiger partial charge in [0.2, 0.25) is 15.9 Å². The lowest BCUT2D eigenvalue weighted by molar-refractivity contribution is -0.128. The summed E-state index contributed by atoms with van der Waals surface area (Å²) in [6.07, 6.45) is 7.47. The Bertz CT molecular complexity index is 432. The van der Waals surface area contributed by atoms with Gasteiger partial charge in [0.25, 0.3) is 0 Å². The van der Waals surface area contributed by atoms with Gasteiger partial charge in [0, 0.05) is 19.1 Å². The molecule has 1 unspecified atom stereocenters. The van der Waals surface area contributed by atoms with Crippen LogP contribution in [-0.4, -0.2) is 56.7 Å². The summed E-state index contributed by atoms with van der Waals surface area (Å²) >= 11 is 0. The first-order valence-electron chi connectivity index (χ1n) is 7.31. The highest BCUT2D eigenvalue weighted by atomic mass is 32.2. The topological polar surface area (TPSA) is 75.7 Å². The summed E-state index contributed by atoms with van der Waals surface area (Å²) in [6, 6.07) is -0.0989. The third-order valence-electron chi connectivity index (χ3n) is 3.97. The number of nitrogens with one attached hydrogen (secondary N) is 1. The molecule has 1 heterocycles. The maximum absolute atomic E-state index is 11.8. The summed E-state index contributed by atoms with van der Waals surface area (Å²) < 4.78 is 30.0. The van der Waals surface area contributed by atoms with Gasteiger partial charge >= 0.3 is 0 Å². The van der Waals surface area contributed by atoms with Crippen molar-refractivity contribution < 1.29 is 17.9 Å². The first kappa shape index (κ1) is 15.7. The largest absolute Gasteiger partial charge is 0.368 e. The Balaban J connectivity index is 1.73. The molecule has 1 aliphatic carbocycles. The average molecular weight is 304 g/mol. The Kier molecular flexibility index (Phi) is 5.40. The zero-order valence-electron chi connectivity index (χ0n) is 12.0. The van der Waals surface area contributed by atoms with Gasteiger partial charge < -0.3 is 10.1 Å². The van der Waals surface area contributed by atoms with Crippen molar-refractivity contribution in [3.63, 3.8) is 0 Å². The van der Waals surface area contributed by atoms with Crippen molar-refractivity contribution in [1.29, 1.82) is 0 Å². The Morgan fingerprint density at radius 2 is 1.95 bits per heavy atom. The second-order valence-electron chi connectivity index (χ2n) is 5.75. The predicted molar refractivity (Wildman–Crippen MR) is 75.8 cm³/mol. The molecule has 1 atom stereocenters. The van der Waals surface area contributed by atoms with E-state index in [0.717, 1.165) is 25.7 Å². The fourth-order valence-electron chi connectivity index (χ4n) is 2.88. The number of ether oxygens (including phenoxy) is 1. The fraction of sp³-hybridized carbons (Fsp3) is 0.923. The molecule has 0 spiro atoms. The first-order valence-corrected chi connectivity index (χ1v) is 9.16. The lowest BCUT2D eigenvalue weighted by atomic mass is 10.1. The zero-order chi connectivity index (χ0) is 14.6. The number of rotatable bonds is 5. The van der Waals surface area contributed by atoms with E-state index in [9.17, 15) is 13.2 Å². The third kappa shape index (κ3) is 4.71. The SMILES string of the molecule is CS(=O)(=O)N1CCCC(NC(=O)COC2CCCC2)C1. The summed E-state index contributed by atoms with van der Waals surface area (Å²) in [5.74, 6) is -0.141. The highest BCUT2D eigenvalue weighted by molar-refractivity contribution is 7.88. The van der Waals surface area contributed by atoms with Gasteiger partial charge in [-0.3, -0.25) is 4.79 Å². The van der Waals surface area contributed by atoms with Crippen LogP contribution in [0.2, 0.25) is 0 Å². The standard InChI is InChI=1S/C13H24N2O4S/c1-20(17,18)15-8-4-5-11(9-15)14-13(16)10-19-12-6-2-3-7-12/h11-12H,2-10H2,1H3,(H,14,16). The Morgan fingerprint density at radius 1 is 1.25 bits per heavy atom. The lowest BCUT2D eigenvalue weighted by Gasteiger charge is -2.31. The van der Waals surface area contributed by atoms with E-state index < -0.39 is 10.0 Å². The van der Waals surface area contributed by atoms with Crippen molar-refractivity contribution in [2.45, 2.75) is 50.7 Å². The average Bonchev–Trinajstić information content (AvgIpc) is 2.89. The van der Waals surface area contributed by atoms with Crippen molar-refractivity contribution >= 4 is 15.9 Å². The van der Waals surface area contributed by atoms with Crippen molar-refractivity contribution in [1.82, 2.24) is 9.62 Å². The fourth-order valence-corrected chi connectivity index (χ4v) is 3.79. The number of hydrogen-bond donors (Lipinski definition) is 1. The quantitative estimate of drug-likeness (QED) is 0.802. The first-order chi connectivity index (χ1) is 9.45. The van der Waals surface area contributed by atoms with Gasteiger partial charge in [-0.1, -0.05) is 12.8 Å². The van der Waals surface area contributed by atoms with Crippen LogP contribution >= 0.6 is 0 Å². The van der Waals surface area contributed by atoms with Gasteiger partial charge in [-0.15, -0.1) is 0 Å². The van der Waals surface area contributed by atoms with Crippen LogP contribution in [0.15, 0.2) is 0 Å². The number of carbonyl (C=O) groups excluding carboxylic acids is 1. The molecule has 1 aliphatic heterocycles. The van der Waals surface area contributed by atoms with Crippen molar-refractivity contribution in [3.05, 3.63) is 0 Å². The maximum Gasteiger partial charge on any atom is 0.246 e. The minimum atomic E-state index is -3.17. The molecule has 7 heteroatoms. The van der Waals surface area contributed by atoms with Gasteiger partial charge in [-0.2, -0.15) is 0 Å². The smallest absolute Gasteiger partial charge is 0.246 e. The molecule has 0 aromatic rings. The molecule has 20 heavy (non-hydrogen) atoms. The van der Waals surface area contributed by atoms with E-state index >= 15 is 0 Å². The molecule has 2 aliphatic rings. The summed E-state index contributed by atoms with van der Waals surface area (Å²) in [5, 5.41) is 2.87. The van der Waals surface area contributed by atoms with Gasteiger partial charge in [-0.25, -0.2) is 12.7 Å². The lowest BCUT2D eigenvalue weighted by Crippen LogP contribution is -2.50. The molecule has 2 rings (SSSR count). The van der Waals surface area contributed by atoms with E-state index in [1.54, 1.807) is 0 Å². The number of amides is 1. The second-order valence-corrected chi connectivity index (χ2v) is 7.73. The van der Waals surface area contributed by atoms with Gasteiger partial charge in [0.15, 0.2) is 0 Å². The Hall–Kier alpha value is -0.660. The molecular formula is C13H24N2O4S. The molecule has 116 valence electrons. The number of carbonyl (C=O) groups is 1. The van der Waals surface area contributed by atoms with E-state index in [1.165, 1.54) is 23.4 Å². The molecule has 1 saturated heterocycles. The van der Waals surface area contributed by atoms with Crippen LogP contribution in [0, 0.1) is 0 Å². The van der Waals surface area contributed by atoms with Crippen LogP contribution in [-0.2, 0) is 19.6 Å². The van der Waals surface area contributed by atoms with Crippen molar-refractivity contribution in [2.75, 3.05) is 26.0 Å². The van der Waals surface area contributed by atoms with Crippen molar-refractivity contribution in [2.24, 2.45) is 0 Å². The van der Waals surface area contributed by atoms with Crippen molar-refractivity contribution in [3.8, 4) is 0 Å². The monoisotopic (exact) mass is 304 g/mol. The van der Waals surface area contributed by atoms with Crippen LogP contribution in [0.25, 0.3) is 0 Å². The normalized spacial score (nSPS) is 25.8. The van der Waals surface area contributed by atoms with E-state index in [4.69, 9.17) is 4.74 Å². The molecule has 2 fully saturated rings. The Labute approximate surface area is 120 Å². The highest BCUT2D eigenvalue weighted by Gasteiger charge is 2.27. The second kappa shape index (κ2) is 6.87. The summed E-state index contributed by atoms with van der Waals surface area (Å²) in [7, 11) is -3.17. The van der Waals surface area contributed by atoms with E-state index in [2.05, 4.69) is 5.32 Å². The third-order valence-corrected chi connectivity index (χ3v) is 5.24. The highest BCUT2D eigenvalue weighted by Crippen LogP contribution is 2.20. The summed E-state index contributed by atoms with van der Waals surface area (Å²) in [5.41, 5.74) is 0. The van der Waals surface area contributed by atoms with Crippen LogP contribution in [0.5, 0.6) is 0 Å². The van der Waals surface area contributed by atoms with Gasteiger partial charge in [0.05, 0.1) is 12.4 Å². The van der Waals surface area contributed by atoms with E-state index in [0.29, 0.717) is 13.1 Å². The zero-order valence-corrected chi connectivity index (χ0v) is 12.8. The number of sulfonamides is 1. The summed E-state index contributed by atoms with van der Waals surface area (Å²) in [4.78, 5) is 11.8. The number of piperidine rings is 1. The molecule has 6 nitrogen and oxygen atoms in total. The maximum atomic E-state index is 11.8. The van der Waals surface area contributed by atoms with Gasteiger partial charge in [-0.05, 0) is 25.7 Å². The minimum Gasteiger partial charge on any atom is -0.368 e. The van der Waals surface area contributed by atoms with Gasteiger partial charge in [0.1, 0.15) is 6.61 Å². The number of nitrogens with zero attached hydrogens (tertiary/aromatic N) is 1. The van der Waals surface area contributed by atoms with E-state index in [1.807, 2.05) is 0 Å². The number of hydrogen-bond acceptors (Lipinski definition) is 4. The summed E-state index contributed by atoms with van der Waals surface area (Å²) in [6.45, 7) is 0.998. The molecular weight excluding hydrogens is 280 g/mol. The van der Waals surface area contributed by atoms with Crippen LogP contribution < -0.4 is 5.32 Å². The molecule has 0 aromatic carbocycles.